The van der Waals surface area contributed by atoms with Crippen molar-refractivity contribution in [3.8, 4) is 0 Å². The van der Waals surface area contributed by atoms with E-state index < -0.39 is 0 Å². The zero-order valence-corrected chi connectivity index (χ0v) is 18.0. The average Bonchev–Trinajstić information content (AvgIpc) is 2.71. The number of aryl methyl sites for hydroxylation is 1. The van der Waals surface area contributed by atoms with E-state index in [-0.39, 0.29) is 0 Å². The molecular weight excluding hydrogens is 352 g/mol. The van der Waals surface area contributed by atoms with Crippen molar-refractivity contribution in [2.45, 2.75) is 32.2 Å². The maximum absolute atomic E-state index is 5.82. The van der Waals surface area contributed by atoms with Crippen LogP contribution in [0.4, 0.5) is 0 Å². The molecule has 1 aromatic carbocycles. The van der Waals surface area contributed by atoms with Gasteiger partial charge in [-0.25, -0.2) is 0 Å². The lowest BCUT2D eigenvalue weighted by molar-refractivity contribution is 0.0203. The molecule has 1 aromatic rings. The minimum atomic E-state index is 0.293. The van der Waals surface area contributed by atoms with Gasteiger partial charge in [-0.2, -0.15) is 0 Å². The van der Waals surface area contributed by atoms with E-state index in [0.29, 0.717) is 12.0 Å². The third kappa shape index (κ3) is 8.17. The molecule has 158 valence electrons. The fourth-order valence-electron chi connectivity index (χ4n) is 3.35. The zero-order chi connectivity index (χ0) is 20.2. The molecule has 0 aromatic heterocycles. The smallest absolute Gasteiger partial charge is 0.191 e. The van der Waals surface area contributed by atoms with Gasteiger partial charge in [-0.1, -0.05) is 29.8 Å². The normalized spacial score (nSPS) is 17.0. The molecule has 6 heteroatoms. The maximum Gasteiger partial charge on any atom is 0.191 e. The summed E-state index contributed by atoms with van der Waals surface area (Å²) in [5.74, 6) is 1.50. The average molecular weight is 391 g/mol. The van der Waals surface area contributed by atoms with Crippen LogP contribution in [0, 0.1) is 12.8 Å². The number of hydrogen-bond donors (Lipinski definition) is 2. The molecule has 1 fully saturated rings. The first-order valence-corrected chi connectivity index (χ1v) is 10.4. The fourth-order valence-corrected chi connectivity index (χ4v) is 3.35. The van der Waals surface area contributed by atoms with Gasteiger partial charge >= 0.3 is 0 Å². The Balaban J connectivity index is 1.64. The Morgan fingerprint density at radius 2 is 1.93 bits per heavy atom. The van der Waals surface area contributed by atoms with E-state index >= 15 is 0 Å². The van der Waals surface area contributed by atoms with Gasteiger partial charge in [-0.05, 0) is 51.8 Å². The van der Waals surface area contributed by atoms with Crippen molar-refractivity contribution in [3.63, 3.8) is 0 Å². The molecule has 0 aliphatic carbocycles. The molecule has 1 atom stereocenters. The minimum Gasteiger partial charge on any atom is -0.381 e. The lowest BCUT2D eigenvalue weighted by Crippen LogP contribution is -2.42. The molecule has 0 spiro atoms. The first-order valence-electron chi connectivity index (χ1n) is 10.4. The molecule has 28 heavy (non-hydrogen) atoms. The Morgan fingerprint density at radius 1 is 1.21 bits per heavy atom. The van der Waals surface area contributed by atoms with Crippen molar-refractivity contribution in [1.82, 2.24) is 15.5 Å². The molecule has 1 aliphatic heterocycles. The number of aliphatic imine (C=N–C) groups is 1. The van der Waals surface area contributed by atoms with Crippen molar-refractivity contribution < 1.29 is 9.47 Å². The molecule has 0 amide bonds. The third-order valence-corrected chi connectivity index (χ3v) is 5.22. The SMILES string of the molecule is CN=C(NCCCOCC1CCOCC1)NCC(c1ccc(C)cc1)N(C)C. The highest BCUT2D eigenvalue weighted by Gasteiger charge is 2.15. The van der Waals surface area contributed by atoms with E-state index in [4.69, 9.17) is 9.47 Å². The maximum atomic E-state index is 5.82. The number of benzene rings is 1. The minimum absolute atomic E-state index is 0.293. The van der Waals surface area contributed by atoms with E-state index in [2.05, 4.69) is 65.8 Å². The van der Waals surface area contributed by atoms with Gasteiger partial charge in [0.2, 0.25) is 0 Å². The second kappa shape index (κ2) is 12.8. The van der Waals surface area contributed by atoms with Crippen molar-refractivity contribution in [1.29, 1.82) is 0 Å². The Kier molecular flexibility index (Phi) is 10.3. The van der Waals surface area contributed by atoms with Gasteiger partial charge in [0.1, 0.15) is 0 Å². The summed E-state index contributed by atoms with van der Waals surface area (Å²) < 4.78 is 11.2. The molecule has 1 saturated heterocycles. The summed E-state index contributed by atoms with van der Waals surface area (Å²) in [6, 6.07) is 9.03. The van der Waals surface area contributed by atoms with E-state index in [0.717, 1.165) is 64.7 Å². The van der Waals surface area contributed by atoms with Gasteiger partial charge in [-0.3, -0.25) is 4.99 Å². The number of guanidine groups is 1. The van der Waals surface area contributed by atoms with Crippen LogP contribution < -0.4 is 10.6 Å². The molecule has 0 radical (unpaired) electrons. The number of nitrogens with zero attached hydrogens (tertiary/aromatic N) is 2. The van der Waals surface area contributed by atoms with Crippen LogP contribution in [0.2, 0.25) is 0 Å². The quantitative estimate of drug-likeness (QED) is 0.365. The van der Waals surface area contributed by atoms with E-state index in [1.54, 1.807) is 0 Å². The molecule has 1 heterocycles. The number of ether oxygens (including phenoxy) is 2. The summed E-state index contributed by atoms with van der Waals surface area (Å²) in [5, 5.41) is 6.83. The number of hydrogen-bond acceptors (Lipinski definition) is 4. The number of rotatable bonds is 10. The number of likely N-dealkylation sites (N-methyl/N-ethyl adjacent to an activating group) is 1. The van der Waals surface area contributed by atoms with Gasteiger partial charge in [0.05, 0.1) is 6.04 Å². The molecule has 1 aliphatic rings. The molecular formula is C22H38N4O2. The summed E-state index contributed by atoms with van der Waals surface area (Å²) in [6.45, 7) is 7.18. The second-order valence-electron chi connectivity index (χ2n) is 7.75. The molecule has 1 unspecified atom stereocenters. The van der Waals surface area contributed by atoms with E-state index in [1.807, 2.05) is 7.05 Å². The van der Waals surface area contributed by atoms with Crippen LogP contribution in [0.1, 0.15) is 36.4 Å². The first kappa shape index (κ1) is 22.7. The van der Waals surface area contributed by atoms with Crippen LogP contribution in [0.5, 0.6) is 0 Å². The van der Waals surface area contributed by atoms with Gasteiger partial charge < -0.3 is 25.0 Å². The Bertz CT molecular complexity index is 568. The highest BCUT2D eigenvalue weighted by Crippen LogP contribution is 2.18. The van der Waals surface area contributed by atoms with E-state index in [1.165, 1.54) is 11.1 Å². The van der Waals surface area contributed by atoms with E-state index in [9.17, 15) is 0 Å². The van der Waals surface area contributed by atoms with Crippen LogP contribution in [0.3, 0.4) is 0 Å². The van der Waals surface area contributed by atoms with Crippen LogP contribution in [0.15, 0.2) is 29.3 Å². The Hall–Kier alpha value is -1.63. The number of nitrogens with one attached hydrogen (secondary N) is 2. The van der Waals surface area contributed by atoms with Crippen molar-refractivity contribution in [2.75, 3.05) is 60.7 Å². The standard InChI is InChI=1S/C22H38N4O2/c1-18-6-8-20(9-7-18)21(26(3)4)16-25-22(23-2)24-12-5-13-28-17-19-10-14-27-15-11-19/h6-9,19,21H,5,10-17H2,1-4H3,(H2,23,24,25). The summed E-state index contributed by atoms with van der Waals surface area (Å²) in [7, 11) is 6.03. The predicted octanol–water partition coefficient (Wildman–Crippen LogP) is 2.60. The largest absolute Gasteiger partial charge is 0.381 e. The molecule has 6 nitrogen and oxygen atoms in total. The van der Waals surface area contributed by atoms with Gasteiger partial charge in [0.15, 0.2) is 5.96 Å². The monoisotopic (exact) mass is 390 g/mol. The molecule has 2 N–H and O–H groups in total. The molecule has 0 saturated carbocycles. The first-order chi connectivity index (χ1) is 13.6. The zero-order valence-electron chi connectivity index (χ0n) is 18.0. The van der Waals surface area contributed by atoms with Crippen LogP contribution >= 0.6 is 0 Å². The van der Waals surface area contributed by atoms with Crippen LogP contribution in [-0.2, 0) is 9.47 Å². The highest BCUT2D eigenvalue weighted by atomic mass is 16.5. The van der Waals surface area contributed by atoms with Gasteiger partial charge in [0, 0.05) is 46.6 Å². The van der Waals surface area contributed by atoms with Crippen LogP contribution in [0.25, 0.3) is 0 Å². The summed E-state index contributed by atoms with van der Waals surface area (Å²) in [5.41, 5.74) is 2.59. The van der Waals surface area contributed by atoms with Crippen molar-refractivity contribution in [3.05, 3.63) is 35.4 Å². The Morgan fingerprint density at radius 3 is 2.57 bits per heavy atom. The topological polar surface area (TPSA) is 58.1 Å². The molecule has 0 bridgehead atoms. The van der Waals surface area contributed by atoms with Gasteiger partial charge in [-0.15, -0.1) is 0 Å². The van der Waals surface area contributed by atoms with Gasteiger partial charge in [0.25, 0.3) is 0 Å². The third-order valence-electron chi connectivity index (χ3n) is 5.22. The lowest BCUT2D eigenvalue weighted by atomic mass is 10.0. The summed E-state index contributed by atoms with van der Waals surface area (Å²) >= 11 is 0. The van der Waals surface area contributed by atoms with Crippen molar-refractivity contribution in [2.24, 2.45) is 10.9 Å². The summed E-state index contributed by atoms with van der Waals surface area (Å²) in [6.07, 6.45) is 3.23. The molecule has 2 rings (SSSR count). The van der Waals surface area contributed by atoms with Crippen LogP contribution in [-0.4, -0.2) is 71.5 Å². The fraction of sp³-hybridized carbons (Fsp3) is 0.682. The highest BCUT2D eigenvalue weighted by molar-refractivity contribution is 5.79. The Labute approximate surface area is 170 Å². The lowest BCUT2D eigenvalue weighted by Gasteiger charge is -2.26. The van der Waals surface area contributed by atoms with Crippen molar-refractivity contribution >= 4 is 5.96 Å². The predicted molar refractivity (Wildman–Crippen MR) is 116 cm³/mol. The summed E-state index contributed by atoms with van der Waals surface area (Å²) in [4.78, 5) is 6.57. The second-order valence-corrected chi connectivity index (χ2v) is 7.75.